The number of benzene rings is 1. The predicted molar refractivity (Wildman–Crippen MR) is 128 cm³/mol. The number of nitrogens with two attached hydrogens (primary N) is 1. The first-order valence-electron chi connectivity index (χ1n) is 11.1. The third-order valence-corrected chi connectivity index (χ3v) is 5.34. The van der Waals surface area contributed by atoms with E-state index >= 15 is 0 Å². The molecule has 1 aromatic carbocycles. The first-order chi connectivity index (χ1) is 16.8. The number of likely N-dealkylation sites (N-methyl/N-ethyl adjacent to an activating group) is 1. The van der Waals surface area contributed by atoms with Crippen LogP contribution >= 0.6 is 0 Å². The van der Waals surface area contributed by atoms with Crippen molar-refractivity contribution in [2.45, 2.75) is 19.9 Å². The molecule has 3 aromatic rings. The lowest BCUT2D eigenvalue weighted by Crippen LogP contribution is -2.37. The fourth-order valence-electron chi connectivity index (χ4n) is 3.56. The van der Waals surface area contributed by atoms with E-state index in [1.54, 1.807) is 25.1 Å². The highest BCUT2D eigenvalue weighted by Gasteiger charge is 2.23. The van der Waals surface area contributed by atoms with E-state index in [9.17, 15) is 23.9 Å². The summed E-state index contributed by atoms with van der Waals surface area (Å²) in [5.41, 5.74) is 6.11. The summed E-state index contributed by atoms with van der Waals surface area (Å²) >= 11 is 0. The summed E-state index contributed by atoms with van der Waals surface area (Å²) in [4.78, 5) is 43.5. The molecule has 0 saturated heterocycles. The van der Waals surface area contributed by atoms with Crippen molar-refractivity contribution in [3.63, 3.8) is 0 Å². The number of nitrogens with zero attached hydrogens (tertiary/aromatic N) is 3. The molecule has 0 aliphatic carbocycles. The Morgan fingerprint density at radius 3 is 2.63 bits per heavy atom. The summed E-state index contributed by atoms with van der Waals surface area (Å²) in [5.74, 6) is -1.59. The van der Waals surface area contributed by atoms with Crippen molar-refractivity contribution in [2.24, 2.45) is 5.73 Å². The fourth-order valence-corrected chi connectivity index (χ4v) is 3.56. The topological polar surface area (TPSA) is 140 Å². The summed E-state index contributed by atoms with van der Waals surface area (Å²) in [5, 5.41) is 13.3. The van der Waals surface area contributed by atoms with E-state index in [1.807, 2.05) is 0 Å². The standard InChI is InChI=1S/C24H28FN5O5/c1-3-27-22(32)19-21(31)20-18(13-16(14-28-20)12-15-4-6-17(25)7-5-15)30(23(19)33)10-9-29(2)24(34)35-11-8-26/h4-7,13-14,31H,3,8-12,26H2,1-2H3,(H,27,32). The molecule has 0 fully saturated rings. The molecule has 10 nitrogen and oxygen atoms in total. The van der Waals surface area contributed by atoms with Crippen LogP contribution in [-0.2, 0) is 17.7 Å². The lowest BCUT2D eigenvalue weighted by atomic mass is 10.1. The van der Waals surface area contributed by atoms with Gasteiger partial charge >= 0.3 is 6.09 Å². The van der Waals surface area contributed by atoms with Gasteiger partial charge in [-0.15, -0.1) is 0 Å². The number of pyridine rings is 2. The van der Waals surface area contributed by atoms with Crippen molar-refractivity contribution in [3.8, 4) is 5.75 Å². The van der Waals surface area contributed by atoms with Gasteiger partial charge in [0.05, 0.1) is 5.52 Å². The van der Waals surface area contributed by atoms with E-state index < -0.39 is 28.9 Å². The Hall–Kier alpha value is -3.99. The Kier molecular flexibility index (Phi) is 8.37. The minimum Gasteiger partial charge on any atom is -0.505 e. The average molecular weight is 486 g/mol. The molecular formula is C24H28FN5O5. The molecule has 0 aliphatic rings. The van der Waals surface area contributed by atoms with Gasteiger partial charge in [0, 0.05) is 39.4 Å². The predicted octanol–water partition coefficient (Wildman–Crippen LogP) is 1.61. The molecule has 35 heavy (non-hydrogen) atoms. The molecule has 4 N–H and O–H groups in total. The molecule has 0 aliphatic heterocycles. The third kappa shape index (κ3) is 5.93. The van der Waals surface area contributed by atoms with Gasteiger partial charge in [-0.05, 0) is 42.7 Å². The van der Waals surface area contributed by atoms with Crippen LogP contribution in [0, 0.1) is 5.82 Å². The smallest absolute Gasteiger partial charge is 0.409 e. The second-order valence-corrected chi connectivity index (χ2v) is 7.88. The molecule has 0 atom stereocenters. The number of hydrogen-bond donors (Lipinski definition) is 3. The Morgan fingerprint density at radius 2 is 1.97 bits per heavy atom. The van der Waals surface area contributed by atoms with Crippen LogP contribution in [0.25, 0.3) is 11.0 Å². The second kappa shape index (κ2) is 11.4. The maximum atomic E-state index is 13.3. The van der Waals surface area contributed by atoms with Crippen molar-refractivity contribution in [2.75, 3.05) is 33.3 Å². The van der Waals surface area contributed by atoms with Crippen molar-refractivity contribution >= 4 is 23.0 Å². The first-order valence-corrected chi connectivity index (χ1v) is 11.1. The zero-order valence-electron chi connectivity index (χ0n) is 19.6. The Bertz CT molecular complexity index is 1280. The summed E-state index contributed by atoms with van der Waals surface area (Å²) in [6.07, 6.45) is 1.32. The number of amides is 2. The maximum Gasteiger partial charge on any atom is 0.409 e. The number of halogens is 1. The van der Waals surface area contributed by atoms with Crippen LogP contribution in [0.5, 0.6) is 5.75 Å². The molecule has 0 spiro atoms. The van der Waals surface area contributed by atoms with Crippen molar-refractivity contribution < 1.29 is 23.8 Å². The van der Waals surface area contributed by atoms with Crippen LogP contribution in [0.1, 0.15) is 28.4 Å². The molecule has 2 amide bonds. The first kappa shape index (κ1) is 25.6. The van der Waals surface area contributed by atoms with Crippen LogP contribution in [0.3, 0.4) is 0 Å². The van der Waals surface area contributed by atoms with Gasteiger partial charge in [0.1, 0.15) is 23.5 Å². The number of carbonyl (C=O) groups excluding carboxylic acids is 2. The number of rotatable bonds is 9. The van der Waals surface area contributed by atoms with Crippen molar-refractivity contribution in [3.05, 3.63) is 69.4 Å². The van der Waals surface area contributed by atoms with Crippen LogP contribution in [0.4, 0.5) is 9.18 Å². The third-order valence-electron chi connectivity index (χ3n) is 5.34. The van der Waals surface area contributed by atoms with Gasteiger partial charge in [-0.25, -0.2) is 9.18 Å². The zero-order chi connectivity index (χ0) is 25.5. The summed E-state index contributed by atoms with van der Waals surface area (Å²) in [7, 11) is 1.51. The van der Waals surface area contributed by atoms with Crippen molar-refractivity contribution in [1.29, 1.82) is 0 Å². The molecule has 11 heteroatoms. The number of hydrogen-bond acceptors (Lipinski definition) is 7. The molecule has 186 valence electrons. The van der Waals surface area contributed by atoms with Crippen molar-refractivity contribution in [1.82, 2.24) is 19.8 Å². The highest BCUT2D eigenvalue weighted by Crippen LogP contribution is 2.26. The fraction of sp³-hybridized carbons (Fsp3) is 0.333. The van der Waals surface area contributed by atoms with E-state index in [-0.39, 0.29) is 44.1 Å². The zero-order valence-corrected chi connectivity index (χ0v) is 19.6. The Balaban J connectivity index is 2.05. The Morgan fingerprint density at radius 1 is 1.26 bits per heavy atom. The minimum absolute atomic E-state index is 0.0118. The molecule has 0 unspecified atom stereocenters. The molecular weight excluding hydrogens is 457 g/mol. The monoisotopic (exact) mass is 485 g/mol. The van der Waals surface area contributed by atoms with Gasteiger partial charge in [-0.1, -0.05) is 12.1 Å². The molecule has 0 saturated carbocycles. The highest BCUT2D eigenvalue weighted by molar-refractivity contribution is 6.01. The second-order valence-electron chi connectivity index (χ2n) is 7.88. The summed E-state index contributed by atoms with van der Waals surface area (Å²) < 4.78 is 19.6. The van der Waals surface area contributed by atoms with E-state index in [0.29, 0.717) is 17.5 Å². The lowest BCUT2D eigenvalue weighted by molar-refractivity contribution is 0.0950. The van der Waals surface area contributed by atoms with Gasteiger partial charge < -0.3 is 30.4 Å². The van der Waals surface area contributed by atoms with Crippen LogP contribution < -0.4 is 16.6 Å². The molecule has 2 heterocycles. The maximum absolute atomic E-state index is 13.3. The van der Waals surface area contributed by atoms with Gasteiger partial charge in [-0.3, -0.25) is 14.6 Å². The lowest BCUT2D eigenvalue weighted by Gasteiger charge is -2.19. The van der Waals surface area contributed by atoms with Crippen LogP contribution in [0.15, 0.2) is 41.3 Å². The Labute approximate surface area is 201 Å². The quantitative estimate of drug-likeness (QED) is 0.418. The highest BCUT2D eigenvalue weighted by atomic mass is 19.1. The van der Waals surface area contributed by atoms with E-state index in [2.05, 4.69) is 10.3 Å². The molecule has 2 aromatic heterocycles. The number of fused-ring (bicyclic) bond motifs is 1. The number of carbonyl (C=O) groups is 2. The summed E-state index contributed by atoms with van der Waals surface area (Å²) in [6, 6.07) is 7.67. The number of nitrogens with one attached hydrogen (secondary N) is 1. The van der Waals surface area contributed by atoms with E-state index in [1.165, 1.54) is 34.8 Å². The van der Waals surface area contributed by atoms with Crippen LogP contribution in [-0.4, -0.2) is 64.8 Å². The van der Waals surface area contributed by atoms with Gasteiger partial charge in [0.25, 0.3) is 11.5 Å². The molecule has 3 rings (SSSR count). The number of aromatic nitrogens is 2. The SMILES string of the molecule is CCNC(=O)c1c(O)c2ncc(Cc3ccc(F)cc3)cc2n(CCN(C)C(=O)OCCN)c1=O. The van der Waals surface area contributed by atoms with E-state index in [4.69, 9.17) is 10.5 Å². The van der Waals surface area contributed by atoms with Gasteiger partial charge in [0.2, 0.25) is 0 Å². The van der Waals surface area contributed by atoms with Gasteiger partial charge in [-0.2, -0.15) is 0 Å². The molecule has 0 bridgehead atoms. The van der Waals surface area contributed by atoms with Crippen LogP contribution in [0.2, 0.25) is 0 Å². The minimum atomic E-state index is -0.724. The summed E-state index contributed by atoms with van der Waals surface area (Å²) in [6.45, 7) is 2.29. The van der Waals surface area contributed by atoms with E-state index in [0.717, 1.165) is 5.56 Å². The number of aromatic hydroxyl groups is 1. The van der Waals surface area contributed by atoms with Gasteiger partial charge in [0.15, 0.2) is 5.75 Å². The molecule has 0 radical (unpaired) electrons. The number of ether oxygens (including phenoxy) is 1. The average Bonchev–Trinajstić information content (AvgIpc) is 2.83. The normalized spacial score (nSPS) is 10.9. The largest absolute Gasteiger partial charge is 0.505 e.